The minimum absolute atomic E-state index is 0.264. The Kier molecular flexibility index (Phi) is 6.86. The normalized spacial score (nSPS) is 11.0. The summed E-state index contributed by atoms with van der Waals surface area (Å²) >= 11 is 1.33. The summed E-state index contributed by atoms with van der Waals surface area (Å²) in [7, 11) is 0. The van der Waals surface area contributed by atoms with Crippen molar-refractivity contribution in [3.8, 4) is 5.75 Å². The second kappa shape index (κ2) is 10.7. The lowest BCUT2D eigenvalue weighted by atomic mass is 10.1. The molecule has 2 aromatic heterocycles. The van der Waals surface area contributed by atoms with E-state index in [0.717, 1.165) is 27.8 Å². The Labute approximate surface area is 211 Å². The van der Waals surface area contributed by atoms with Crippen molar-refractivity contribution >= 4 is 46.0 Å². The number of H-pyrrole nitrogens is 1. The van der Waals surface area contributed by atoms with Gasteiger partial charge in [-0.2, -0.15) is 5.10 Å². The summed E-state index contributed by atoms with van der Waals surface area (Å²) in [5.74, 6) is 0.0654. The first-order valence-corrected chi connectivity index (χ1v) is 12.1. The Morgan fingerprint density at radius 3 is 2.61 bits per heavy atom. The summed E-state index contributed by atoms with van der Waals surface area (Å²) < 4.78 is 5.89. The van der Waals surface area contributed by atoms with Crippen LogP contribution in [0.2, 0.25) is 0 Å². The fourth-order valence-electron chi connectivity index (χ4n) is 3.67. The van der Waals surface area contributed by atoms with Gasteiger partial charge in [0.25, 0.3) is 11.8 Å². The van der Waals surface area contributed by atoms with E-state index in [1.165, 1.54) is 11.3 Å². The van der Waals surface area contributed by atoms with Gasteiger partial charge in [0.1, 0.15) is 12.4 Å². The summed E-state index contributed by atoms with van der Waals surface area (Å²) in [6, 6.07) is 26.1. The van der Waals surface area contributed by atoms with E-state index in [0.29, 0.717) is 22.7 Å². The van der Waals surface area contributed by atoms with Gasteiger partial charge in [0.2, 0.25) is 0 Å². The Balaban J connectivity index is 1.23. The number of thiophene rings is 1. The van der Waals surface area contributed by atoms with Crippen LogP contribution in [0.15, 0.2) is 102 Å². The maximum absolute atomic E-state index is 12.8. The standard InChI is InChI=1S/C28H22N4O3S/c33-27(23-9-4-5-10-24(23)31-28(34)26-11-6-14-36-26)32-30-17-20-16-29-25-15-21(12-13-22(20)25)35-18-19-7-2-1-3-8-19/h1-17,29H,18H2,(H,31,34)(H,32,33)/b30-17+. The zero-order valence-corrected chi connectivity index (χ0v) is 19.9. The molecule has 0 spiro atoms. The van der Waals surface area contributed by atoms with Crippen LogP contribution in [0.3, 0.4) is 0 Å². The molecule has 7 nitrogen and oxygen atoms in total. The van der Waals surface area contributed by atoms with Crippen molar-refractivity contribution in [1.29, 1.82) is 0 Å². The van der Waals surface area contributed by atoms with Crippen LogP contribution in [0.25, 0.3) is 10.9 Å². The largest absolute Gasteiger partial charge is 0.489 e. The lowest BCUT2D eigenvalue weighted by Crippen LogP contribution is -2.21. The lowest BCUT2D eigenvalue weighted by molar-refractivity contribution is 0.0956. The van der Waals surface area contributed by atoms with Crippen LogP contribution in [0.4, 0.5) is 5.69 Å². The highest BCUT2D eigenvalue weighted by Gasteiger charge is 2.14. The molecule has 178 valence electrons. The Bertz CT molecular complexity index is 1530. The van der Waals surface area contributed by atoms with Crippen LogP contribution in [-0.4, -0.2) is 23.0 Å². The maximum Gasteiger partial charge on any atom is 0.273 e. The van der Waals surface area contributed by atoms with Crippen molar-refractivity contribution in [2.75, 3.05) is 5.32 Å². The molecule has 8 heteroatoms. The molecule has 0 aliphatic carbocycles. The number of carbonyl (C=O) groups excluding carboxylic acids is 2. The van der Waals surface area contributed by atoms with Gasteiger partial charge < -0.3 is 15.0 Å². The molecule has 0 bridgehead atoms. The van der Waals surface area contributed by atoms with E-state index in [1.807, 2.05) is 60.1 Å². The third kappa shape index (κ3) is 5.34. The van der Waals surface area contributed by atoms with Gasteiger partial charge in [0.05, 0.1) is 22.3 Å². The monoisotopic (exact) mass is 494 g/mol. The number of hydrazone groups is 1. The number of amides is 2. The number of nitrogens with one attached hydrogen (secondary N) is 3. The molecule has 0 fully saturated rings. The van der Waals surface area contributed by atoms with E-state index >= 15 is 0 Å². The van der Waals surface area contributed by atoms with Crippen LogP contribution >= 0.6 is 11.3 Å². The second-order valence-corrected chi connectivity index (χ2v) is 8.85. The van der Waals surface area contributed by atoms with Gasteiger partial charge in [-0.05, 0) is 41.3 Å². The van der Waals surface area contributed by atoms with Gasteiger partial charge in [-0.1, -0.05) is 48.5 Å². The van der Waals surface area contributed by atoms with Crippen molar-refractivity contribution in [3.05, 3.63) is 118 Å². The number of nitrogens with zero attached hydrogens (tertiary/aromatic N) is 1. The van der Waals surface area contributed by atoms with Crippen LogP contribution in [0.5, 0.6) is 5.75 Å². The summed E-state index contributed by atoms with van der Waals surface area (Å²) in [4.78, 5) is 28.9. The number of benzene rings is 3. The summed E-state index contributed by atoms with van der Waals surface area (Å²) in [6.07, 6.45) is 3.39. The number of anilines is 1. The Morgan fingerprint density at radius 2 is 1.78 bits per heavy atom. The van der Waals surface area contributed by atoms with Crippen molar-refractivity contribution < 1.29 is 14.3 Å². The zero-order valence-electron chi connectivity index (χ0n) is 19.1. The first-order valence-electron chi connectivity index (χ1n) is 11.2. The van der Waals surface area contributed by atoms with Crippen molar-refractivity contribution in [2.24, 2.45) is 5.10 Å². The highest BCUT2D eigenvalue weighted by Crippen LogP contribution is 2.23. The molecule has 0 saturated heterocycles. The third-order valence-electron chi connectivity index (χ3n) is 5.47. The molecule has 0 aliphatic rings. The smallest absolute Gasteiger partial charge is 0.273 e. The van der Waals surface area contributed by atoms with E-state index < -0.39 is 5.91 Å². The van der Waals surface area contributed by atoms with E-state index in [1.54, 1.807) is 42.6 Å². The Hall–Kier alpha value is -4.69. The number of fused-ring (bicyclic) bond motifs is 1. The molecular weight excluding hydrogens is 472 g/mol. The van der Waals surface area contributed by atoms with Gasteiger partial charge in [-0.25, -0.2) is 5.43 Å². The number of carbonyl (C=O) groups is 2. The minimum Gasteiger partial charge on any atom is -0.489 e. The minimum atomic E-state index is -0.426. The topological polar surface area (TPSA) is 95.6 Å². The first-order chi connectivity index (χ1) is 17.7. The average Bonchev–Trinajstić information content (AvgIpc) is 3.59. The van der Waals surface area contributed by atoms with Gasteiger partial charge in [0, 0.05) is 28.7 Å². The quantitative estimate of drug-likeness (QED) is 0.187. The summed E-state index contributed by atoms with van der Waals surface area (Å²) in [5, 5.41) is 9.69. The fourth-order valence-corrected chi connectivity index (χ4v) is 4.29. The predicted octanol–water partition coefficient (Wildman–Crippen LogP) is 5.82. The van der Waals surface area contributed by atoms with Gasteiger partial charge in [-0.15, -0.1) is 11.3 Å². The van der Waals surface area contributed by atoms with E-state index in [9.17, 15) is 9.59 Å². The first kappa shape index (κ1) is 23.1. The fraction of sp³-hybridized carbons (Fsp3) is 0.0357. The Morgan fingerprint density at radius 1 is 0.944 bits per heavy atom. The van der Waals surface area contributed by atoms with E-state index in [2.05, 4.69) is 20.8 Å². The van der Waals surface area contributed by atoms with Gasteiger partial charge in [0.15, 0.2) is 0 Å². The highest BCUT2D eigenvalue weighted by atomic mass is 32.1. The molecule has 2 heterocycles. The molecule has 0 aliphatic heterocycles. The van der Waals surface area contributed by atoms with Crippen LogP contribution in [0.1, 0.15) is 31.2 Å². The number of aromatic nitrogens is 1. The number of ether oxygens (including phenoxy) is 1. The number of rotatable bonds is 8. The molecule has 5 rings (SSSR count). The van der Waals surface area contributed by atoms with Crippen LogP contribution < -0.4 is 15.5 Å². The predicted molar refractivity (Wildman–Crippen MR) is 143 cm³/mol. The highest BCUT2D eigenvalue weighted by molar-refractivity contribution is 7.12. The van der Waals surface area contributed by atoms with Crippen molar-refractivity contribution in [3.63, 3.8) is 0 Å². The molecule has 0 radical (unpaired) electrons. The zero-order chi connectivity index (χ0) is 24.7. The maximum atomic E-state index is 12.8. The molecule has 2 amide bonds. The second-order valence-electron chi connectivity index (χ2n) is 7.90. The molecule has 0 unspecified atom stereocenters. The molecule has 0 atom stereocenters. The van der Waals surface area contributed by atoms with Crippen molar-refractivity contribution in [1.82, 2.24) is 10.4 Å². The molecule has 3 aromatic carbocycles. The average molecular weight is 495 g/mol. The number of hydrogen-bond donors (Lipinski definition) is 3. The van der Waals surface area contributed by atoms with Gasteiger partial charge in [-0.3, -0.25) is 9.59 Å². The summed E-state index contributed by atoms with van der Waals surface area (Å²) in [6.45, 7) is 0.489. The van der Waals surface area contributed by atoms with E-state index in [-0.39, 0.29) is 5.91 Å². The number of para-hydroxylation sites is 1. The lowest BCUT2D eigenvalue weighted by Gasteiger charge is -2.09. The SMILES string of the molecule is O=C(Nc1ccccc1C(=O)N/N=C/c1c[nH]c2cc(OCc3ccccc3)ccc12)c1cccs1. The van der Waals surface area contributed by atoms with E-state index in [4.69, 9.17) is 4.74 Å². The molecule has 0 saturated carbocycles. The summed E-state index contributed by atoms with van der Waals surface area (Å²) in [5.41, 5.74) is 6.09. The molecule has 36 heavy (non-hydrogen) atoms. The number of aromatic amines is 1. The third-order valence-corrected chi connectivity index (χ3v) is 6.34. The van der Waals surface area contributed by atoms with Crippen LogP contribution in [-0.2, 0) is 6.61 Å². The van der Waals surface area contributed by atoms with Crippen LogP contribution in [0, 0.1) is 0 Å². The molecule has 3 N–H and O–H groups in total. The van der Waals surface area contributed by atoms with Crippen molar-refractivity contribution in [2.45, 2.75) is 6.61 Å². The van der Waals surface area contributed by atoms with Gasteiger partial charge >= 0.3 is 0 Å². The number of hydrogen-bond acceptors (Lipinski definition) is 5. The molecular formula is C28H22N4O3S. The molecule has 5 aromatic rings.